The van der Waals surface area contributed by atoms with Crippen LogP contribution in [-0.4, -0.2) is 43.3 Å². The molecule has 1 saturated carbocycles. The number of hydrogen-bond donors (Lipinski definition) is 1. The highest BCUT2D eigenvalue weighted by Gasteiger charge is 2.30. The largest absolute Gasteiger partial charge is 0.491 e. The number of esters is 1. The summed E-state index contributed by atoms with van der Waals surface area (Å²) in [6.45, 7) is 7.32. The highest BCUT2D eigenvalue weighted by Crippen LogP contribution is 2.29. The fraction of sp³-hybridized carbons (Fsp3) is 0.652. The monoisotopic (exact) mass is 403 g/mol. The maximum Gasteiger partial charge on any atom is 0.338 e. The maximum atomic E-state index is 12.5. The molecule has 160 valence electrons. The number of carbonyl (C=O) groups excluding carboxylic acids is 2. The third kappa shape index (κ3) is 5.95. The van der Waals surface area contributed by atoms with Gasteiger partial charge in [-0.1, -0.05) is 26.7 Å². The smallest absolute Gasteiger partial charge is 0.338 e. The molecule has 1 aliphatic heterocycles. The summed E-state index contributed by atoms with van der Waals surface area (Å²) in [5.41, 5.74) is 0.397. The van der Waals surface area contributed by atoms with Gasteiger partial charge in [-0.05, 0) is 62.3 Å². The summed E-state index contributed by atoms with van der Waals surface area (Å²) in [7, 11) is 0. The molecule has 1 aromatic rings. The number of rotatable bonds is 7. The first-order valence-corrected chi connectivity index (χ1v) is 10.8. The van der Waals surface area contributed by atoms with E-state index in [1.807, 2.05) is 0 Å². The molecule has 1 aromatic carbocycles. The summed E-state index contributed by atoms with van der Waals surface area (Å²) in [6, 6.07) is 6.93. The van der Waals surface area contributed by atoms with Gasteiger partial charge in [-0.15, -0.1) is 0 Å². The predicted molar refractivity (Wildman–Crippen MR) is 110 cm³/mol. The first kappa shape index (κ1) is 21.6. The van der Waals surface area contributed by atoms with Crippen LogP contribution in [0.2, 0.25) is 0 Å². The molecular formula is C23H33NO5. The van der Waals surface area contributed by atoms with Crippen LogP contribution in [0.5, 0.6) is 5.75 Å². The number of carbonyl (C=O) groups is 2. The topological polar surface area (TPSA) is 73.9 Å². The molecule has 3 rings (SSSR count). The number of ether oxygens (including phenoxy) is 3. The van der Waals surface area contributed by atoms with E-state index in [-0.39, 0.29) is 18.1 Å². The Hall–Kier alpha value is -2.08. The maximum absolute atomic E-state index is 12.5. The number of hydrogen-bond acceptors (Lipinski definition) is 5. The van der Waals surface area contributed by atoms with Gasteiger partial charge in [-0.3, -0.25) is 4.79 Å². The lowest BCUT2D eigenvalue weighted by atomic mass is 9.78. The summed E-state index contributed by atoms with van der Waals surface area (Å²) in [5.74, 6) is 0.957. The molecule has 0 unspecified atom stereocenters. The molecule has 6 nitrogen and oxygen atoms in total. The summed E-state index contributed by atoms with van der Waals surface area (Å²) in [5, 5.41) is 3.06. The minimum absolute atomic E-state index is 0.146. The highest BCUT2D eigenvalue weighted by atomic mass is 16.5. The quantitative estimate of drug-likeness (QED) is 0.702. The summed E-state index contributed by atoms with van der Waals surface area (Å²) in [6.07, 6.45) is 4.70. The van der Waals surface area contributed by atoms with Gasteiger partial charge < -0.3 is 19.5 Å². The fourth-order valence-electron chi connectivity index (χ4n) is 4.02. The standard InChI is InChI=1S/C23H33NO5/c1-15-6-4-8-21(16(15)2)24-22(25)17(3)29-23(26)18-9-11-19(12-10-18)28-14-20-7-5-13-27-20/h9-12,15-17,20-21H,4-8,13-14H2,1-3H3,(H,24,25)/t15-,16+,17+,20-,21-/m0/s1. The van der Waals surface area contributed by atoms with E-state index < -0.39 is 12.1 Å². The number of amides is 1. The molecule has 1 amide bonds. The second-order valence-corrected chi connectivity index (χ2v) is 8.40. The van der Waals surface area contributed by atoms with Crippen LogP contribution in [0, 0.1) is 11.8 Å². The molecule has 2 fully saturated rings. The SMILES string of the molecule is C[C@H]1[C@@H](NC(=O)[C@@H](C)OC(=O)c2ccc(OC[C@@H]3CCCO3)cc2)CCC[C@@H]1C. The first-order valence-electron chi connectivity index (χ1n) is 10.8. The Bertz CT molecular complexity index is 683. The van der Waals surface area contributed by atoms with Gasteiger partial charge in [0.15, 0.2) is 6.10 Å². The molecule has 6 heteroatoms. The van der Waals surface area contributed by atoms with Crippen LogP contribution in [0.4, 0.5) is 0 Å². The van der Waals surface area contributed by atoms with Crippen molar-refractivity contribution in [3.05, 3.63) is 29.8 Å². The van der Waals surface area contributed by atoms with Crippen LogP contribution in [0.15, 0.2) is 24.3 Å². The Labute approximate surface area is 173 Å². The van der Waals surface area contributed by atoms with Crippen molar-refractivity contribution in [2.45, 2.75) is 71.1 Å². The van der Waals surface area contributed by atoms with E-state index in [4.69, 9.17) is 14.2 Å². The molecule has 1 heterocycles. The Morgan fingerprint density at radius 2 is 1.90 bits per heavy atom. The van der Waals surface area contributed by atoms with E-state index in [0.717, 1.165) is 32.3 Å². The molecular weight excluding hydrogens is 370 g/mol. The summed E-state index contributed by atoms with van der Waals surface area (Å²) < 4.78 is 16.6. The normalized spacial score (nSPS) is 27.8. The molecule has 0 radical (unpaired) electrons. The zero-order chi connectivity index (χ0) is 20.8. The van der Waals surface area contributed by atoms with E-state index in [2.05, 4.69) is 19.2 Å². The zero-order valence-corrected chi connectivity index (χ0v) is 17.7. The molecule has 1 N–H and O–H groups in total. The van der Waals surface area contributed by atoms with Crippen LogP contribution >= 0.6 is 0 Å². The van der Waals surface area contributed by atoms with Gasteiger partial charge in [0.05, 0.1) is 11.7 Å². The Morgan fingerprint density at radius 3 is 2.59 bits per heavy atom. The molecule has 2 aliphatic rings. The van der Waals surface area contributed by atoms with Crippen molar-refractivity contribution >= 4 is 11.9 Å². The lowest BCUT2D eigenvalue weighted by Crippen LogP contribution is -2.47. The van der Waals surface area contributed by atoms with Crippen molar-refractivity contribution in [1.82, 2.24) is 5.32 Å². The first-order chi connectivity index (χ1) is 13.9. The number of benzene rings is 1. The predicted octanol–water partition coefficient (Wildman–Crippen LogP) is 3.73. The summed E-state index contributed by atoms with van der Waals surface area (Å²) >= 11 is 0. The van der Waals surface area contributed by atoms with Crippen molar-refractivity contribution in [3.8, 4) is 5.75 Å². The number of nitrogens with one attached hydrogen (secondary N) is 1. The Kier molecular flexibility index (Phi) is 7.53. The van der Waals surface area contributed by atoms with Crippen LogP contribution < -0.4 is 10.1 Å². The average molecular weight is 404 g/mol. The Balaban J connectivity index is 1.46. The molecule has 0 spiro atoms. The minimum Gasteiger partial charge on any atom is -0.491 e. The molecule has 0 bridgehead atoms. The van der Waals surface area contributed by atoms with E-state index >= 15 is 0 Å². The van der Waals surface area contributed by atoms with Gasteiger partial charge >= 0.3 is 5.97 Å². The van der Waals surface area contributed by atoms with E-state index in [9.17, 15) is 9.59 Å². The lowest BCUT2D eigenvalue weighted by molar-refractivity contribution is -0.130. The molecule has 29 heavy (non-hydrogen) atoms. The minimum atomic E-state index is -0.831. The van der Waals surface area contributed by atoms with Crippen LogP contribution in [0.25, 0.3) is 0 Å². The van der Waals surface area contributed by atoms with Crippen molar-refractivity contribution < 1.29 is 23.8 Å². The van der Waals surface area contributed by atoms with Gasteiger partial charge in [0, 0.05) is 12.6 Å². The van der Waals surface area contributed by atoms with Crippen molar-refractivity contribution in [3.63, 3.8) is 0 Å². The van der Waals surface area contributed by atoms with Crippen molar-refractivity contribution in [2.75, 3.05) is 13.2 Å². The van der Waals surface area contributed by atoms with E-state index in [0.29, 0.717) is 29.8 Å². The van der Waals surface area contributed by atoms with Gasteiger partial charge in [0.1, 0.15) is 12.4 Å². The van der Waals surface area contributed by atoms with Gasteiger partial charge in [-0.2, -0.15) is 0 Å². The zero-order valence-electron chi connectivity index (χ0n) is 17.7. The van der Waals surface area contributed by atoms with Gasteiger partial charge in [-0.25, -0.2) is 4.79 Å². The second-order valence-electron chi connectivity index (χ2n) is 8.40. The van der Waals surface area contributed by atoms with Gasteiger partial charge in [0.2, 0.25) is 0 Å². The third-order valence-electron chi connectivity index (χ3n) is 6.24. The summed E-state index contributed by atoms with van der Waals surface area (Å²) in [4.78, 5) is 24.9. The molecule has 1 aliphatic carbocycles. The Morgan fingerprint density at radius 1 is 1.14 bits per heavy atom. The molecule has 1 saturated heterocycles. The van der Waals surface area contributed by atoms with Crippen LogP contribution in [-0.2, 0) is 14.3 Å². The average Bonchev–Trinajstić information content (AvgIpc) is 3.24. The second kappa shape index (κ2) is 10.1. The van der Waals surface area contributed by atoms with Crippen molar-refractivity contribution in [2.24, 2.45) is 11.8 Å². The molecule has 5 atom stereocenters. The molecule has 0 aromatic heterocycles. The highest BCUT2D eigenvalue weighted by molar-refractivity contribution is 5.92. The van der Waals surface area contributed by atoms with E-state index in [1.54, 1.807) is 31.2 Å². The fourth-order valence-corrected chi connectivity index (χ4v) is 4.02. The van der Waals surface area contributed by atoms with Crippen molar-refractivity contribution in [1.29, 1.82) is 0 Å². The lowest BCUT2D eigenvalue weighted by Gasteiger charge is -2.35. The van der Waals surface area contributed by atoms with Crippen LogP contribution in [0.3, 0.4) is 0 Å². The third-order valence-corrected chi connectivity index (χ3v) is 6.24. The van der Waals surface area contributed by atoms with Gasteiger partial charge in [0.25, 0.3) is 5.91 Å². The van der Waals surface area contributed by atoms with Crippen LogP contribution in [0.1, 0.15) is 63.2 Å². The van der Waals surface area contributed by atoms with E-state index in [1.165, 1.54) is 6.42 Å².